The molecule has 0 aromatic heterocycles. The van der Waals surface area contributed by atoms with E-state index >= 15 is 0 Å². The van der Waals surface area contributed by atoms with Gasteiger partial charge in [-0.1, -0.05) is 0 Å². The van der Waals surface area contributed by atoms with Crippen molar-refractivity contribution in [2.24, 2.45) is 0 Å². The van der Waals surface area contributed by atoms with E-state index in [1.165, 1.54) is 0 Å². The Morgan fingerprint density at radius 1 is 0.944 bits per heavy atom. The molecule has 0 saturated heterocycles. The summed E-state index contributed by atoms with van der Waals surface area (Å²) in [5, 5.41) is 0. The van der Waals surface area contributed by atoms with Crippen molar-refractivity contribution in [2.45, 2.75) is 25.6 Å². The molecule has 1 rings (SSSR count). The van der Waals surface area contributed by atoms with Gasteiger partial charge in [0.25, 0.3) is 0 Å². The second-order valence-electron chi connectivity index (χ2n) is 3.66. The van der Waals surface area contributed by atoms with E-state index in [-0.39, 0.29) is 6.61 Å². The zero-order valence-corrected chi connectivity index (χ0v) is 11.8. The van der Waals surface area contributed by atoms with Gasteiger partial charge in [0.05, 0.1) is 13.2 Å². The number of benzene rings is 1. The molecule has 0 saturated carbocycles. The van der Waals surface area contributed by atoms with Crippen molar-refractivity contribution in [3.05, 3.63) is 27.8 Å². The minimum atomic E-state index is -4.52. The summed E-state index contributed by atoms with van der Waals surface area (Å²) >= 11 is 2.20. The van der Waals surface area contributed by atoms with Crippen molar-refractivity contribution in [3.63, 3.8) is 0 Å². The summed E-state index contributed by atoms with van der Waals surface area (Å²) in [5.41, 5.74) is 0. The summed E-state index contributed by atoms with van der Waals surface area (Å²) in [7, 11) is 0. The molecule has 0 bridgehead atoms. The highest BCUT2D eigenvalue weighted by molar-refractivity contribution is 14.1. The number of unbranched alkanes of at least 4 members (excludes halogenated alkanes) is 2. The molecule has 0 unspecified atom stereocenters. The van der Waals surface area contributed by atoms with Crippen molar-refractivity contribution >= 4 is 22.6 Å². The maximum absolute atomic E-state index is 11.6. The van der Waals surface area contributed by atoms with Gasteiger partial charge < -0.3 is 4.74 Å². The molecule has 0 heterocycles. The van der Waals surface area contributed by atoms with Gasteiger partial charge in [0.2, 0.25) is 0 Å². The molecule has 0 aliphatic carbocycles. The number of ether oxygens (including phenoxy) is 2. The highest BCUT2D eigenvalue weighted by Crippen LogP contribution is 2.17. The first-order chi connectivity index (χ1) is 8.47. The van der Waals surface area contributed by atoms with Gasteiger partial charge in [-0.25, -0.2) is 0 Å². The van der Waals surface area contributed by atoms with Crippen LogP contribution in [0.4, 0.5) is 13.2 Å². The van der Waals surface area contributed by atoms with Crippen molar-refractivity contribution in [1.82, 2.24) is 0 Å². The lowest BCUT2D eigenvalue weighted by atomic mass is 10.2. The van der Waals surface area contributed by atoms with E-state index < -0.39 is 6.36 Å². The van der Waals surface area contributed by atoms with Crippen LogP contribution in [-0.4, -0.2) is 19.6 Å². The lowest BCUT2D eigenvalue weighted by molar-refractivity contribution is -0.324. The van der Waals surface area contributed by atoms with Crippen LogP contribution >= 0.6 is 22.6 Å². The van der Waals surface area contributed by atoms with Gasteiger partial charge in [-0.2, -0.15) is 0 Å². The highest BCUT2D eigenvalue weighted by Gasteiger charge is 2.28. The quantitative estimate of drug-likeness (QED) is 0.521. The van der Waals surface area contributed by atoms with Crippen LogP contribution in [-0.2, 0) is 4.74 Å². The second-order valence-corrected chi connectivity index (χ2v) is 4.90. The summed E-state index contributed by atoms with van der Waals surface area (Å²) in [6.45, 7) is 0.222. The first-order valence-electron chi connectivity index (χ1n) is 5.56. The standard InChI is InChI=1S/C12H14F3IO2/c13-12(14,15)18-9-3-1-2-8-17-11-6-4-10(16)5-7-11/h4-7H,1-3,8-9H2. The van der Waals surface area contributed by atoms with Gasteiger partial charge in [-0.05, 0) is 66.1 Å². The third-order valence-electron chi connectivity index (χ3n) is 2.14. The summed E-state index contributed by atoms with van der Waals surface area (Å²) in [6.07, 6.45) is -2.76. The van der Waals surface area contributed by atoms with Gasteiger partial charge in [0, 0.05) is 3.57 Å². The van der Waals surface area contributed by atoms with Crippen LogP contribution in [0.3, 0.4) is 0 Å². The molecule has 102 valence electrons. The zero-order valence-electron chi connectivity index (χ0n) is 9.67. The Hall–Kier alpha value is -0.500. The van der Waals surface area contributed by atoms with Gasteiger partial charge in [-0.15, -0.1) is 13.2 Å². The molecule has 6 heteroatoms. The van der Waals surface area contributed by atoms with E-state index in [0.29, 0.717) is 25.9 Å². The fourth-order valence-electron chi connectivity index (χ4n) is 1.29. The van der Waals surface area contributed by atoms with Crippen LogP contribution < -0.4 is 4.74 Å². The molecule has 0 fully saturated rings. The predicted molar refractivity (Wildman–Crippen MR) is 70.5 cm³/mol. The van der Waals surface area contributed by atoms with Crippen molar-refractivity contribution < 1.29 is 22.6 Å². The Balaban J connectivity index is 2.00. The van der Waals surface area contributed by atoms with Crippen molar-refractivity contribution in [1.29, 1.82) is 0 Å². The van der Waals surface area contributed by atoms with E-state index in [4.69, 9.17) is 4.74 Å². The van der Waals surface area contributed by atoms with E-state index in [2.05, 4.69) is 27.3 Å². The van der Waals surface area contributed by atoms with E-state index in [0.717, 1.165) is 9.32 Å². The largest absolute Gasteiger partial charge is 0.522 e. The monoisotopic (exact) mass is 374 g/mol. The van der Waals surface area contributed by atoms with Crippen LogP contribution in [0.25, 0.3) is 0 Å². The van der Waals surface area contributed by atoms with E-state index in [1.807, 2.05) is 24.3 Å². The molecule has 18 heavy (non-hydrogen) atoms. The van der Waals surface area contributed by atoms with Gasteiger partial charge in [0.1, 0.15) is 5.75 Å². The topological polar surface area (TPSA) is 18.5 Å². The van der Waals surface area contributed by atoms with Gasteiger partial charge >= 0.3 is 6.36 Å². The highest BCUT2D eigenvalue weighted by atomic mass is 127. The number of halogens is 4. The number of rotatable bonds is 7. The fraction of sp³-hybridized carbons (Fsp3) is 0.500. The minimum Gasteiger partial charge on any atom is -0.494 e. The average molecular weight is 374 g/mol. The SMILES string of the molecule is FC(F)(F)OCCCCCOc1ccc(I)cc1. The first-order valence-corrected chi connectivity index (χ1v) is 6.64. The van der Waals surface area contributed by atoms with Crippen LogP contribution in [0.1, 0.15) is 19.3 Å². The summed E-state index contributed by atoms with van der Waals surface area (Å²) in [6, 6.07) is 7.61. The molecule has 0 amide bonds. The van der Waals surface area contributed by atoms with Crippen LogP contribution in [0, 0.1) is 3.57 Å². The van der Waals surface area contributed by atoms with Crippen LogP contribution in [0.15, 0.2) is 24.3 Å². The Morgan fingerprint density at radius 2 is 1.56 bits per heavy atom. The maximum Gasteiger partial charge on any atom is 0.522 e. The van der Waals surface area contributed by atoms with Gasteiger partial charge in [0.15, 0.2) is 0 Å². The first kappa shape index (κ1) is 15.6. The minimum absolute atomic E-state index is 0.285. The van der Waals surface area contributed by atoms with Gasteiger partial charge in [-0.3, -0.25) is 4.74 Å². The summed E-state index contributed by atoms with van der Waals surface area (Å²) < 4.78 is 45.1. The van der Waals surface area contributed by atoms with Crippen LogP contribution in [0.5, 0.6) is 5.75 Å². The summed E-state index contributed by atoms with van der Waals surface area (Å²) in [4.78, 5) is 0. The molecule has 0 aliphatic heterocycles. The molecule has 0 atom stereocenters. The maximum atomic E-state index is 11.6. The molecule has 0 aliphatic rings. The Labute approximate surface area is 118 Å². The average Bonchev–Trinajstić information content (AvgIpc) is 2.29. The number of hydrogen-bond acceptors (Lipinski definition) is 2. The zero-order chi connectivity index (χ0) is 13.4. The molecule has 0 N–H and O–H groups in total. The van der Waals surface area contributed by atoms with Crippen molar-refractivity contribution in [2.75, 3.05) is 13.2 Å². The third-order valence-corrected chi connectivity index (χ3v) is 2.86. The molecule has 1 aromatic rings. The predicted octanol–water partition coefficient (Wildman–Crippen LogP) is 4.38. The lowest BCUT2D eigenvalue weighted by Crippen LogP contribution is -2.14. The molecular formula is C12H14F3IO2. The third kappa shape index (κ3) is 7.75. The Kier molecular flexibility index (Phi) is 6.77. The van der Waals surface area contributed by atoms with E-state index in [9.17, 15) is 13.2 Å². The van der Waals surface area contributed by atoms with E-state index in [1.54, 1.807) is 0 Å². The smallest absolute Gasteiger partial charge is 0.494 e. The normalized spacial score (nSPS) is 11.6. The molecule has 2 nitrogen and oxygen atoms in total. The molecular weight excluding hydrogens is 360 g/mol. The fourth-order valence-corrected chi connectivity index (χ4v) is 1.65. The number of alkyl halides is 3. The molecule has 0 radical (unpaired) electrons. The molecule has 0 spiro atoms. The Morgan fingerprint density at radius 3 is 2.17 bits per heavy atom. The lowest BCUT2D eigenvalue weighted by Gasteiger charge is -2.08. The summed E-state index contributed by atoms with van der Waals surface area (Å²) in [5.74, 6) is 0.780. The Bertz CT molecular complexity index is 338. The van der Waals surface area contributed by atoms with Crippen LogP contribution in [0.2, 0.25) is 0 Å². The van der Waals surface area contributed by atoms with Crippen molar-refractivity contribution in [3.8, 4) is 5.75 Å². The molecule has 1 aromatic carbocycles. The number of hydrogen-bond donors (Lipinski definition) is 0. The second kappa shape index (κ2) is 7.83.